The summed E-state index contributed by atoms with van der Waals surface area (Å²) in [5.74, 6) is 0.463. The van der Waals surface area contributed by atoms with Crippen molar-refractivity contribution >= 4 is 7.85 Å². The maximum Gasteiger partial charge on any atom is 0.0622 e. The van der Waals surface area contributed by atoms with Crippen molar-refractivity contribution < 1.29 is 32.7 Å². The summed E-state index contributed by atoms with van der Waals surface area (Å²) in [5.41, 5.74) is 0. The van der Waals surface area contributed by atoms with E-state index in [0.29, 0.717) is 5.92 Å². The van der Waals surface area contributed by atoms with Crippen LogP contribution >= 0.6 is 0 Å². The molecule has 0 bridgehead atoms. The van der Waals surface area contributed by atoms with Crippen molar-refractivity contribution in [3.63, 3.8) is 0 Å². The molecule has 0 amide bonds. The summed E-state index contributed by atoms with van der Waals surface area (Å²) in [4.78, 5) is 0. The minimum absolute atomic E-state index is 0. The zero-order valence-electron chi connectivity index (χ0n) is 4.85. The van der Waals surface area contributed by atoms with E-state index in [1.54, 1.807) is 0 Å². The Kier molecular flexibility index (Phi) is 11.3. The molecule has 3 radical (unpaired) electrons. The molecule has 0 aliphatic carbocycles. The Morgan fingerprint density at radius 2 is 2.14 bits per heavy atom. The van der Waals surface area contributed by atoms with Crippen molar-refractivity contribution in [2.75, 3.05) is 0 Å². The predicted octanol–water partition coefficient (Wildman–Crippen LogP) is 1.43. The monoisotopic (exact) mass is 170 g/mol. The van der Waals surface area contributed by atoms with Gasteiger partial charge in [-0.1, -0.05) is 13.3 Å². The predicted molar refractivity (Wildman–Crippen MR) is 29.7 cm³/mol. The van der Waals surface area contributed by atoms with Gasteiger partial charge in [-0.05, 0) is 0 Å². The van der Waals surface area contributed by atoms with Crippen LogP contribution < -0.4 is 0 Å². The van der Waals surface area contributed by atoms with E-state index in [2.05, 4.69) is 13.8 Å². The van der Waals surface area contributed by atoms with Gasteiger partial charge in [-0.2, -0.15) is 5.92 Å². The van der Waals surface area contributed by atoms with E-state index in [1.807, 2.05) is 0 Å². The standard InChI is InChI=1S/C5H10B.Y/c1-3-5(2)4-6;/h5H,2-4H2,1H3;/q-1;. The van der Waals surface area contributed by atoms with Gasteiger partial charge in [0, 0.05) is 32.7 Å². The molecule has 2 heteroatoms. The first kappa shape index (κ1) is 11.0. The summed E-state index contributed by atoms with van der Waals surface area (Å²) in [7, 11) is 5.22. The Morgan fingerprint density at radius 1 is 1.71 bits per heavy atom. The topological polar surface area (TPSA) is 0 Å². The first-order chi connectivity index (χ1) is 2.81. The molecule has 0 N–H and O–H groups in total. The number of hydrogen-bond acceptors (Lipinski definition) is 0. The van der Waals surface area contributed by atoms with E-state index in [-0.39, 0.29) is 32.7 Å². The molecule has 0 aliphatic heterocycles. The Balaban J connectivity index is 0. The molecular weight excluding hydrogens is 160 g/mol. The molecule has 1 atom stereocenters. The summed E-state index contributed by atoms with van der Waals surface area (Å²) in [6, 6.07) is 0. The molecule has 0 aromatic carbocycles. The van der Waals surface area contributed by atoms with Crippen LogP contribution in [0.15, 0.2) is 0 Å². The Hall–Kier alpha value is 1.17. The van der Waals surface area contributed by atoms with Gasteiger partial charge >= 0.3 is 0 Å². The Bertz CT molecular complexity index is 27.3. The first-order valence-electron chi connectivity index (χ1n) is 2.34. The van der Waals surface area contributed by atoms with Gasteiger partial charge in [-0.15, -0.1) is 6.32 Å². The zero-order chi connectivity index (χ0) is 4.99. The molecule has 0 fully saturated rings. The summed E-state index contributed by atoms with van der Waals surface area (Å²) in [6.45, 7) is 5.84. The van der Waals surface area contributed by atoms with Gasteiger partial charge in [0.25, 0.3) is 0 Å². The van der Waals surface area contributed by atoms with E-state index < -0.39 is 0 Å². The molecule has 0 nitrogen and oxygen atoms in total. The van der Waals surface area contributed by atoms with Crippen LogP contribution in [0.2, 0.25) is 6.32 Å². The van der Waals surface area contributed by atoms with E-state index in [1.165, 1.54) is 0 Å². The van der Waals surface area contributed by atoms with Gasteiger partial charge in [0.05, 0.1) is 7.85 Å². The molecule has 1 unspecified atom stereocenters. The maximum atomic E-state index is 5.22. The molecule has 0 aromatic rings. The normalized spacial score (nSPS) is 12.3. The molecular formula is C5H10BY-. The van der Waals surface area contributed by atoms with E-state index in [4.69, 9.17) is 7.85 Å². The fourth-order valence-electron chi connectivity index (χ4n) is 0.167. The van der Waals surface area contributed by atoms with Gasteiger partial charge in [0.1, 0.15) is 0 Å². The second kappa shape index (κ2) is 7.17. The summed E-state index contributed by atoms with van der Waals surface area (Å²) < 4.78 is 0. The van der Waals surface area contributed by atoms with Crippen LogP contribution in [0, 0.1) is 12.8 Å². The minimum atomic E-state index is 0. The molecule has 0 aliphatic rings. The SMILES string of the molecule is [B]CC([CH2-])CC.[Y]. The van der Waals surface area contributed by atoms with E-state index >= 15 is 0 Å². The van der Waals surface area contributed by atoms with Crippen LogP contribution in [-0.2, 0) is 32.7 Å². The van der Waals surface area contributed by atoms with Crippen LogP contribution in [0.1, 0.15) is 13.3 Å². The van der Waals surface area contributed by atoms with Gasteiger partial charge < -0.3 is 6.92 Å². The molecule has 7 heavy (non-hydrogen) atoms. The third kappa shape index (κ3) is 7.17. The Morgan fingerprint density at radius 3 is 2.14 bits per heavy atom. The summed E-state index contributed by atoms with van der Waals surface area (Å²) in [5, 5.41) is 0. The average Bonchev–Trinajstić information content (AvgIpc) is 1.65. The van der Waals surface area contributed by atoms with Gasteiger partial charge in [0.15, 0.2) is 0 Å². The molecule has 0 spiro atoms. The second-order valence-electron chi connectivity index (χ2n) is 1.51. The van der Waals surface area contributed by atoms with E-state index in [0.717, 1.165) is 12.7 Å². The van der Waals surface area contributed by atoms with Gasteiger partial charge in [-0.3, -0.25) is 0 Å². The zero-order valence-corrected chi connectivity index (χ0v) is 7.69. The maximum absolute atomic E-state index is 5.22. The largest absolute Gasteiger partial charge is 0.341 e. The Labute approximate surface area is 72.7 Å². The first-order valence-corrected chi connectivity index (χ1v) is 2.34. The van der Waals surface area contributed by atoms with Crippen molar-refractivity contribution in [2.45, 2.75) is 19.7 Å². The molecule has 37 valence electrons. The molecule has 0 rings (SSSR count). The van der Waals surface area contributed by atoms with Crippen molar-refractivity contribution in [3.05, 3.63) is 6.92 Å². The van der Waals surface area contributed by atoms with Crippen LogP contribution in [0.3, 0.4) is 0 Å². The van der Waals surface area contributed by atoms with Crippen molar-refractivity contribution in [3.8, 4) is 0 Å². The summed E-state index contributed by atoms with van der Waals surface area (Å²) in [6.07, 6.45) is 1.81. The van der Waals surface area contributed by atoms with Crippen molar-refractivity contribution in [2.24, 2.45) is 5.92 Å². The second-order valence-corrected chi connectivity index (χ2v) is 1.51. The smallest absolute Gasteiger partial charge is 0.0622 e. The third-order valence-electron chi connectivity index (χ3n) is 0.911. The summed E-state index contributed by atoms with van der Waals surface area (Å²) >= 11 is 0. The van der Waals surface area contributed by atoms with Gasteiger partial charge in [0.2, 0.25) is 0 Å². The molecule has 0 aromatic heterocycles. The minimum Gasteiger partial charge on any atom is -0.341 e. The van der Waals surface area contributed by atoms with Crippen LogP contribution in [0.5, 0.6) is 0 Å². The molecule has 0 saturated carbocycles. The van der Waals surface area contributed by atoms with Crippen LogP contribution in [0.4, 0.5) is 0 Å². The van der Waals surface area contributed by atoms with Crippen LogP contribution in [-0.4, -0.2) is 7.85 Å². The number of hydrogen-bond donors (Lipinski definition) is 0. The van der Waals surface area contributed by atoms with Crippen molar-refractivity contribution in [1.82, 2.24) is 0 Å². The molecule has 0 heterocycles. The molecule has 0 saturated heterocycles. The third-order valence-corrected chi connectivity index (χ3v) is 0.911. The fraction of sp³-hybridized carbons (Fsp3) is 0.800. The average molecular weight is 170 g/mol. The van der Waals surface area contributed by atoms with Crippen molar-refractivity contribution in [1.29, 1.82) is 0 Å². The van der Waals surface area contributed by atoms with E-state index in [9.17, 15) is 0 Å². The van der Waals surface area contributed by atoms with Gasteiger partial charge in [-0.25, -0.2) is 0 Å². The van der Waals surface area contributed by atoms with Crippen LogP contribution in [0.25, 0.3) is 0 Å². The quantitative estimate of drug-likeness (QED) is 0.434. The fourth-order valence-corrected chi connectivity index (χ4v) is 0.167. The number of rotatable bonds is 2.